The zero-order chi connectivity index (χ0) is 48.7. The molecule has 1 aliphatic carbocycles. The molecule has 348 valence electrons. The monoisotopic (exact) mass is 961 g/mol. The number of rotatable bonds is 8. The Bertz CT molecular complexity index is 4420. The Hall–Kier alpha value is -9.36. The Balaban J connectivity index is 1.00. The average Bonchev–Trinajstić information content (AvgIpc) is 4.09. The summed E-state index contributed by atoms with van der Waals surface area (Å²) >= 11 is 0. The number of para-hydroxylation sites is 3. The summed E-state index contributed by atoms with van der Waals surface area (Å²) < 4.78 is 4.71. The van der Waals surface area contributed by atoms with E-state index in [1.54, 1.807) is 5.20 Å². The Kier molecular flexibility index (Phi) is 9.65. The minimum Gasteiger partial charge on any atom is -0.310 e. The van der Waals surface area contributed by atoms with E-state index in [9.17, 15) is 0 Å². The first-order valence-corrected chi connectivity index (χ1v) is 27.6. The molecule has 0 saturated carbocycles. The molecule has 15 rings (SSSR count). The lowest BCUT2D eigenvalue weighted by Gasteiger charge is -2.34. The van der Waals surface area contributed by atoms with Crippen LogP contribution in [0.25, 0.3) is 88.4 Å². The van der Waals surface area contributed by atoms with Crippen LogP contribution in [0.5, 0.6) is 0 Å². The second-order valence-electron chi connectivity index (χ2n) is 19.6. The Morgan fingerprint density at radius 2 is 1.07 bits per heavy atom. The molecule has 74 heavy (non-hydrogen) atoms. The molecule has 6 heteroatoms. The number of hydrogen-bond donors (Lipinski definition) is 0. The number of nitrogens with zero attached hydrogens (tertiary/aromatic N) is 5. The molecule has 0 saturated heterocycles. The van der Waals surface area contributed by atoms with Crippen LogP contribution in [0.3, 0.4) is 0 Å². The fourth-order valence-corrected chi connectivity index (χ4v) is 17.9. The van der Waals surface area contributed by atoms with E-state index in [2.05, 4.69) is 269 Å². The van der Waals surface area contributed by atoms with Gasteiger partial charge in [0.25, 0.3) is 0 Å². The van der Waals surface area contributed by atoms with Crippen LogP contribution in [-0.4, -0.2) is 27.2 Å². The lowest BCUT2D eigenvalue weighted by molar-refractivity contribution is 1.01. The molecule has 0 bridgehead atoms. The van der Waals surface area contributed by atoms with Crippen LogP contribution in [0.15, 0.2) is 266 Å². The van der Waals surface area contributed by atoms with E-state index in [4.69, 9.17) is 9.97 Å². The standard InChI is InChI=1S/C68H47N5Si/c1-5-19-46(20-6-1)47-33-35-50(36-34-47)71(51-37-39-63-57(41-51)55-28-14-17-31-62(55)72(63)49-22-7-2-8-23-49)52-38-40-64-58(42-52)59-43-60-56-29-15-18-32-66(56)74(53-24-9-3-10-25-53,54-26-11-4-12-27-54)67(60)44-65(59)73(64)68-69-45-48-21-13-16-30-61(48)70-68/h1-11,13-26,28-45H,12,27H2. The van der Waals surface area contributed by atoms with E-state index in [-0.39, 0.29) is 0 Å². The molecule has 0 N–H and O–H groups in total. The van der Waals surface area contributed by atoms with Crippen molar-refractivity contribution in [3.8, 4) is 33.9 Å². The predicted octanol–water partition coefficient (Wildman–Crippen LogP) is 15.2. The molecule has 2 aliphatic rings. The van der Waals surface area contributed by atoms with Gasteiger partial charge in [-0.05, 0) is 136 Å². The van der Waals surface area contributed by atoms with Crippen molar-refractivity contribution in [2.24, 2.45) is 0 Å². The number of aromatic nitrogens is 4. The highest BCUT2D eigenvalue weighted by Crippen LogP contribution is 2.45. The van der Waals surface area contributed by atoms with Crippen molar-refractivity contribution in [1.29, 1.82) is 0 Å². The number of anilines is 3. The molecule has 0 radical (unpaired) electrons. The SMILES string of the molecule is C1=CCCC([Si]2(c3ccccc3)c3ccccc3-c3cc4c5cc(N(c6ccc(-c7ccccc7)cc6)c6ccc7c(c6)c6ccccc6n7-c6ccccc6)ccc5n(-c5ncc6ccccc6n5)c4cc32)=C1. The molecule has 1 unspecified atom stereocenters. The average molecular weight is 962 g/mol. The van der Waals surface area contributed by atoms with Gasteiger partial charge < -0.3 is 9.47 Å². The molecule has 0 spiro atoms. The van der Waals surface area contributed by atoms with Gasteiger partial charge in [0.05, 0.1) is 27.6 Å². The summed E-state index contributed by atoms with van der Waals surface area (Å²) in [6.07, 6.45) is 11.1. The molecule has 0 amide bonds. The van der Waals surface area contributed by atoms with E-state index >= 15 is 0 Å². The van der Waals surface area contributed by atoms with E-state index in [1.165, 1.54) is 65.0 Å². The summed E-state index contributed by atoms with van der Waals surface area (Å²) in [5.74, 6) is 0.660. The molecule has 3 aromatic heterocycles. The normalized spacial score (nSPS) is 15.0. The van der Waals surface area contributed by atoms with E-state index < -0.39 is 8.07 Å². The molecular formula is C68H47N5Si. The minimum absolute atomic E-state index is 0.660. The Morgan fingerprint density at radius 1 is 0.446 bits per heavy atom. The van der Waals surface area contributed by atoms with Crippen LogP contribution < -0.4 is 20.5 Å². The van der Waals surface area contributed by atoms with Gasteiger partial charge in [-0.25, -0.2) is 9.97 Å². The van der Waals surface area contributed by atoms with Gasteiger partial charge in [-0.1, -0.05) is 175 Å². The summed E-state index contributed by atoms with van der Waals surface area (Å²) in [6, 6.07) is 87.0. The third kappa shape index (κ3) is 6.41. The van der Waals surface area contributed by atoms with Crippen LogP contribution in [-0.2, 0) is 0 Å². The molecule has 5 nitrogen and oxygen atoms in total. The summed E-state index contributed by atoms with van der Waals surface area (Å²) in [7, 11) is -2.75. The van der Waals surface area contributed by atoms with Crippen molar-refractivity contribution in [1.82, 2.24) is 19.1 Å². The summed E-state index contributed by atoms with van der Waals surface area (Å²) in [5, 5.41) is 11.6. The third-order valence-corrected chi connectivity index (χ3v) is 20.8. The first-order valence-electron chi connectivity index (χ1n) is 25.6. The zero-order valence-corrected chi connectivity index (χ0v) is 41.5. The largest absolute Gasteiger partial charge is 0.310 e. The minimum atomic E-state index is -2.75. The summed E-state index contributed by atoms with van der Waals surface area (Å²) in [6.45, 7) is 0. The molecule has 1 aliphatic heterocycles. The Morgan fingerprint density at radius 3 is 1.85 bits per heavy atom. The maximum Gasteiger partial charge on any atom is 0.235 e. The fourth-order valence-electron chi connectivity index (χ4n) is 12.5. The predicted molar refractivity (Wildman–Crippen MR) is 311 cm³/mol. The second kappa shape index (κ2) is 16.9. The molecular weight excluding hydrogens is 915 g/mol. The maximum absolute atomic E-state index is 5.33. The van der Waals surface area contributed by atoms with Crippen molar-refractivity contribution in [3.63, 3.8) is 0 Å². The van der Waals surface area contributed by atoms with Crippen LogP contribution in [0.1, 0.15) is 12.8 Å². The highest BCUT2D eigenvalue weighted by atomic mass is 28.3. The molecule has 13 aromatic rings. The van der Waals surface area contributed by atoms with Gasteiger partial charge in [0.1, 0.15) is 0 Å². The second-order valence-corrected chi connectivity index (χ2v) is 23.4. The van der Waals surface area contributed by atoms with Crippen molar-refractivity contribution in [2.75, 3.05) is 4.90 Å². The van der Waals surface area contributed by atoms with Crippen LogP contribution in [0.4, 0.5) is 17.1 Å². The lowest BCUT2D eigenvalue weighted by atomic mass is 10.0. The van der Waals surface area contributed by atoms with Crippen molar-refractivity contribution in [2.45, 2.75) is 12.8 Å². The Labute approximate surface area is 429 Å². The smallest absolute Gasteiger partial charge is 0.235 e. The zero-order valence-electron chi connectivity index (χ0n) is 40.5. The van der Waals surface area contributed by atoms with Gasteiger partial charge in [0.15, 0.2) is 8.07 Å². The summed E-state index contributed by atoms with van der Waals surface area (Å²) in [5.41, 5.74) is 14.8. The van der Waals surface area contributed by atoms with Gasteiger partial charge in [-0.3, -0.25) is 4.57 Å². The quantitative estimate of drug-likeness (QED) is 0.142. The number of benzene rings is 10. The summed E-state index contributed by atoms with van der Waals surface area (Å²) in [4.78, 5) is 12.9. The van der Waals surface area contributed by atoms with Crippen molar-refractivity contribution in [3.05, 3.63) is 266 Å². The number of fused-ring (bicyclic) bond motifs is 10. The van der Waals surface area contributed by atoms with Crippen LogP contribution in [0.2, 0.25) is 0 Å². The highest BCUT2D eigenvalue weighted by molar-refractivity contribution is 7.18. The highest BCUT2D eigenvalue weighted by Gasteiger charge is 2.50. The van der Waals surface area contributed by atoms with Gasteiger partial charge in [-0.15, -0.1) is 0 Å². The molecule has 4 heterocycles. The van der Waals surface area contributed by atoms with Gasteiger partial charge >= 0.3 is 0 Å². The molecule has 1 atom stereocenters. The lowest BCUT2D eigenvalue weighted by Crippen LogP contribution is -2.66. The maximum atomic E-state index is 5.33. The first-order chi connectivity index (χ1) is 36.7. The first kappa shape index (κ1) is 42.3. The van der Waals surface area contributed by atoms with Gasteiger partial charge in [-0.2, -0.15) is 0 Å². The van der Waals surface area contributed by atoms with Crippen LogP contribution >= 0.6 is 0 Å². The number of hydrogen-bond acceptors (Lipinski definition) is 3. The molecule has 0 fully saturated rings. The number of allylic oxidation sites excluding steroid dienone is 4. The fraction of sp³-hybridized carbons (Fsp3) is 0.0294. The van der Waals surface area contributed by atoms with E-state index in [1.807, 2.05) is 6.20 Å². The third-order valence-electron chi connectivity index (χ3n) is 15.7. The van der Waals surface area contributed by atoms with Gasteiger partial charge in [0, 0.05) is 55.9 Å². The van der Waals surface area contributed by atoms with Crippen molar-refractivity contribution >= 4 is 95.2 Å². The topological polar surface area (TPSA) is 38.9 Å². The van der Waals surface area contributed by atoms with Gasteiger partial charge in [0.2, 0.25) is 5.95 Å². The van der Waals surface area contributed by atoms with Crippen molar-refractivity contribution < 1.29 is 0 Å². The van der Waals surface area contributed by atoms with E-state index in [0.29, 0.717) is 5.95 Å². The molecule has 10 aromatic carbocycles. The van der Waals surface area contributed by atoms with E-state index in [0.717, 1.165) is 62.9 Å². The van der Waals surface area contributed by atoms with Crippen LogP contribution in [0, 0.1) is 0 Å².